The van der Waals surface area contributed by atoms with Crippen LogP contribution in [0.1, 0.15) is 0 Å². The van der Waals surface area contributed by atoms with Gasteiger partial charge >= 0.3 is 0 Å². The van der Waals surface area contributed by atoms with Gasteiger partial charge in [-0.05, 0) is 0 Å². The maximum absolute atomic E-state index is 8.68. The lowest BCUT2D eigenvalue weighted by atomic mass is 10.8. The summed E-state index contributed by atoms with van der Waals surface area (Å²) in [4.78, 5) is 0. The third kappa shape index (κ3) is 16.0. The monoisotopic (exact) mass is 88.0 g/mol. The molecule has 1 nitrogen and oxygen atoms in total. The van der Waals surface area contributed by atoms with E-state index in [2.05, 4.69) is 7.57 Å². The Kier molecular flexibility index (Phi) is 20.6. The molecule has 0 aliphatic carbocycles. The molecule has 0 N–H and O–H groups in total. The second kappa shape index (κ2) is 9.34. The van der Waals surface area contributed by atoms with Gasteiger partial charge in [-0.3, -0.25) is 4.57 Å². The molecule has 0 unspecified atom stereocenters. The second-order valence-electron chi connectivity index (χ2n) is 0.105. The van der Waals surface area contributed by atoms with E-state index in [-0.39, 0.29) is 25.7 Å². The van der Waals surface area contributed by atoms with Crippen LogP contribution >= 0.6 is 8.34 Å². The smallest absolute Gasteiger partial charge is 0.212 e. The van der Waals surface area contributed by atoms with Crippen LogP contribution in [0.15, 0.2) is 0 Å². The molecule has 4 heteroatoms. The van der Waals surface area contributed by atoms with Gasteiger partial charge in [-0.1, -0.05) is 0 Å². The summed E-state index contributed by atoms with van der Waals surface area (Å²) in [6.07, 6.45) is 0. The summed E-state index contributed by atoms with van der Waals surface area (Å²) in [7, 11) is 3.93. The van der Waals surface area contributed by atoms with Gasteiger partial charge in [-0.25, -0.2) is 0 Å². The van der Waals surface area contributed by atoms with Crippen LogP contribution in [0.2, 0.25) is 0 Å². The third-order valence-corrected chi connectivity index (χ3v) is 0. The Balaban J connectivity index is 0. The van der Waals surface area contributed by atoms with Crippen LogP contribution in [0.4, 0.5) is 0 Å². The molecule has 0 spiro atoms. The van der Waals surface area contributed by atoms with Crippen molar-refractivity contribution in [3.05, 3.63) is 0 Å². The van der Waals surface area contributed by atoms with Crippen molar-refractivity contribution in [2.45, 2.75) is 0 Å². The highest BCUT2D eigenvalue weighted by Gasteiger charge is 1.31. The van der Waals surface area contributed by atoms with Crippen LogP contribution in [0.3, 0.4) is 0 Å². The molecule has 0 saturated carbocycles. The average Bonchev–Trinajstić information content (AvgIpc) is 0.918. The van der Waals surface area contributed by atoms with E-state index in [1.165, 1.54) is 0 Å². The highest BCUT2D eigenvalue weighted by atomic mass is 31.1. The quantitative estimate of drug-likeness (QED) is 0.279. The zero-order valence-electron chi connectivity index (χ0n) is 1.43. The van der Waals surface area contributed by atoms with E-state index >= 15 is 0 Å². The van der Waals surface area contributed by atoms with Crippen LogP contribution in [-0.4, -0.2) is 24.9 Å². The van der Waals surface area contributed by atoms with E-state index in [0.717, 1.165) is 0 Å². The van der Waals surface area contributed by atoms with Crippen LogP contribution in [0, 0.1) is 0 Å². The van der Waals surface area contributed by atoms with Crippen molar-refractivity contribution in [1.29, 1.82) is 0 Å². The Labute approximate surface area is 38.5 Å². The Bertz CT molecular complexity index is 15.5. The molecule has 0 heterocycles. The van der Waals surface area contributed by atoms with Crippen LogP contribution in [0.5, 0.6) is 0 Å². The van der Waals surface area contributed by atoms with Gasteiger partial charge in [-0.2, -0.15) is 0 Å². The molecule has 0 atom stereocenters. The zero-order chi connectivity index (χ0) is 2.71. The fourth-order valence-corrected chi connectivity index (χ4v) is 0. The molecule has 0 aliphatic rings. The predicted octanol–water partition coefficient (Wildman–Crippen LogP) is -0.822. The van der Waals surface area contributed by atoms with Gasteiger partial charge in [-0.15, -0.1) is 0 Å². The normalized spacial score (nSPS) is 5.00. The number of hydrogen-bond donors (Lipinski definition) is 0. The van der Waals surface area contributed by atoms with Crippen molar-refractivity contribution in [2.24, 2.45) is 0 Å². The topological polar surface area (TPSA) is 17.1 Å². The molecule has 0 aromatic carbocycles. The summed E-state index contributed by atoms with van der Waals surface area (Å²) in [5.74, 6) is 0. The molecule has 0 rings (SSSR count). The number of rotatable bonds is 0. The third-order valence-electron chi connectivity index (χ3n) is 0. The van der Waals surface area contributed by atoms with Crippen molar-refractivity contribution in [3.63, 3.8) is 0 Å². The molecular formula is H3AlBOP. The first-order chi connectivity index (χ1) is 1.41. The molecule has 0 amide bonds. The molecule has 0 aromatic rings. The molecule has 0 fully saturated rings. The summed E-state index contributed by atoms with van der Waals surface area (Å²) in [6, 6.07) is 0. The van der Waals surface area contributed by atoms with Gasteiger partial charge in [0.1, 0.15) is 0 Å². The van der Waals surface area contributed by atoms with Crippen molar-refractivity contribution >= 4 is 33.3 Å². The fourth-order valence-electron chi connectivity index (χ4n) is 0. The lowest BCUT2D eigenvalue weighted by Crippen LogP contribution is -1.08. The molecule has 2 radical (unpaired) electrons. The van der Waals surface area contributed by atoms with Crippen molar-refractivity contribution in [1.82, 2.24) is 0 Å². The van der Waals surface area contributed by atoms with Gasteiger partial charge in [0.25, 0.3) is 0 Å². The molecule has 0 bridgehead atoms. The summed E-state index contributed by atoms with van der Waals surface area (Å²) in [6.45, 7) is 0. The minimum absolute atomic E-state index is 0. The summed E-state index contributed by atoms with van der Waals surface area (Å²) in [5.41, 5.74) is 0. The summed E-state index contributed by atoms with van der Waals surface area (Å²) in [5, 5.41) is 0. The van der Waals surface area contributed by atoms with Crippen LogP contribution in [0.25, 0.3) is 0 Å². The van der Waals surface area contributed by atoms with Gasteiger partial charge in [0.05, 0.1) is 8.34 Å². The first-order valence-corrected chi connectivity index (χ1v) is 1.32. The molecule has 0 aliphatic heterocycles. The van der Waals surface area contributed by atoms with E-state index in [1.54, 1.807) is 0 Å². The predicted molar refractivity (Wildman–Crippen MR) is 23.3 cm³/mol. The first kappa shape index (κ1) is 8.83. The fraction of sp³-hybridized carbons (Fsp3) is 0. The van der Waals surface area contributed by atoms with E-state index in [4.69, 9.17) is 4.57 Å². The summed E-state index contributed by atoms with van der Waals surface area (Å²) >= 11 is 0. The van der Waals surface area contributed by atoms with Crippen molar-refractivity contribution in [2.75, 3.05) is 0 Å². The second-order valence-corrected chi connectivity index (χ2v) is 0.316. The molecule has 4 heavy (non-hydrogen) atoms. The lowest BCUT2D eigenvalue weighted by molar-refractivity contribution is 0.605. The Hall–Kier alpha value is 0.697. The molecule has 0 saturated heterocycles. The highest BCUT2D eigenvalue weighted by Crippen LogP contribution is 1.64. The summed E-state index contributed by atoms with van der Waals surface area (Å²) < 4.78 is 8.68. The van der Waals surface area contributed by atoms with Gasteiger partial charge in [0.2, 0.25) is 7.57 Å². The van der Waals surface area contributed by atoms with E-state index in [9.17, 15) is 0 Å². The Morgan fingerprint density at radius 3 is 1.75 bits per heavy atom. The van der Waals surface area contributed by atoms with E-state index in [0.29, 0.717) is 0 Å². The van der Waals surface area contributed by atoms with Gasteiger partial charge in [0, 0.05) is 0 Å². The van der Waals surface area contributed by atoms with Gasteiger partial charge in [0.15, 0.2) is 17.4 Å². The maximum atomic E-state index is 8.68. The van der Waals surface area contributed by atoms with Crippen molar-refractivity contribution in [3.8, 4) is 0 Å². The lowest BCUT2D eigenvalue weighted by Gasteiger charge is -1.19. The highest BCUT2D eigenvalue weighted by molar-refractivity contribution is 7.55. The van der Waals surface area contributed by atoms with E-state index < -0.39 is 0 Å². The van der Waals surface area contributed by atoms with Crippen LogP contribution < -0.4 is 0 Å². The molecule has 0 aromatic heterocycles. The standard InChI is InChI=1S/Al.BOP.3H/c;1-3-2;;;. The van der Waals surface area contributed by atoms with Gasteiger partial charge < -0.3 is 0 Å². The average molecular weight is 87.8 g/mol. The van der Waals surface area contributed by atoms with E-state index in [1.807, 2.05) is 0 Å². The minimum Gasteiger partial charge on any atom is -0.290 e. The zero-order valence-corrected chi connectivity index (χ0v) is 2.33. The van der Waals surface area contributed by atoms with Crippen molar-refractivity contribution < 1.29 is 4.57 Å². The Morgan fingerprint density at radius 2 is 1.75 bits per heavy atom. The number of hydrogen-bond acceptors (Lipinski definition) is 1. The SMILES string of the molecule is [AlH3].[B]P=O. The molecule has 20 valence electrons. The van der Waals surface area contributed by atoms with Crippen LogP contribution in [-0.2, 0) is 4.57 Å². The maximum Gasteiger partial charge on any atom is 0.212 e. The molecular weight excluding hydrogens is 84.8 g/mol. The largest absolute Gasteiger partial charge is 0.290 e. The minimum atomic E-state index is -0.333. The first-order valence-electron chi connectivity index (χ1n) is 0.441. The Morgan fingerprint density at radius 1 is 1.75 bits per heavy atom.